The molecule has 6 heteroatoms. The molecule has 1 aromatic heterocycles. The second kappa shape index (κ2) is 8.95. The number of carbonyl (C=O) groups is 2. The Morgan fingerprint density at radius 2 is 2.00 bits per heavy atom. The largest absolute Gasteiger partial charge is 0.355 e. The quantitative estimate of drug-likeness (QED) is 0.628. The lowest BCUT2D eigenvalue weighted by Crippen LogP contribution is -2.24. The molecule has 4 rings (SSSR count). The molecule has 0 bridgehead atoms. The number of amides is 2. The first-order valence-electron chi connectivity index (χ1n) is 10.5. The highest BCUT2D eigenvalue weighted by Crippen LogP contribution is 2.27. The Labute approximate surface area is 176 Å². The number of rotatable bonds is 7. The molecule has 6 nitrogen and oxygen atoms in total. The molecule has 1 fully saturated rings. The maximum Gasteiger partial charge on any atom is 0.230 e. The number of hydrogen-bond acceptors (Lipinski definition) is 3. The highest BCUT2D eigenvalue weighted by Gasteiger charge is 2.28. The van der Waals surface area contributed by atoms with Gasteiger partial charge in [-0.05, 0) is 36.6 Å². The molecule has 30 heavy (non-hydrogen) atoms. The zero-order valence-electron chi connectivity index (χ0n) is 17.1. The van der Waals surface area contributed by atoms with Crippen molar-refractivity contribution in [1.82, 2.24) is 15.1 Å². The Bertz CT molecular complexity index is 1040. The molecule has 3 aromatic rings. The summed E-state index contributed by atoms with van der Waals surface area (Å²) < 4.78 is 1.85. The maximum atomic E-state index is 12.6. The summed E-state index contributed by atoms with van der Waals surface area (Å²) in [5.74, 6) is -0.152. The number of aromatic nitrogens is 2. The van der Waals surface area contributed by atoms with Crippen molar-refractivity contribution in [3.05, 3.63) is 66.2 Å². The second-order valence-electron chi connectivity index (χ2n) is 7.66. The van der Waals surface area contributed by atoms with Crippen molar-refractivity contribution in [2.24, 2.45) is 5.92 Å². The molecule has 1 atom stereocenters. The molecule has 2 heterocycles. The van der Waals surface area contributed by atoms with E-state index in [1.54, 1.807) is 0 Å². The molecular weight excluding hydrogens is 376 g/mol. The van der Waals surface area contributed by atoms with Crippen LogP contribution in [0.15, 0.2) is 60.7 Å². The Balaban J connectivity index is 1.67. The minimum Gasteiger partial charge on any atom is -0.355 e. The molecule has 0 saturated carbocycles. The van der Waals surface area contributed by atoms with Crippen LogP contribution in [0, 0.1) is 5.92 Å². The number of para-hydroxylation sites is 1. The second-order valence-corrected chi connectivity index (χ2v) is 7.66. The van der Waals surface area contributed by atoms with E-state index in [-0.39, 0.29) is 24.2 Å². The fraction of sp³-hybridized carbons (Fsp3) is 0.292. The van der Waals surface area contributed by atoms with Crippen LogP contribution in [0.3, 0.4) is 0 Å². The van der Waals surface area contributed by atoms with Gasteiger partial charge in [0.25, 0.3) is 0 Å². The number of carbonyl (C=O) groups excluding carboxylic acids is 2. The van der Waals surface area contributed by atoms with Crippen LogP contribution in [0.5, 0.6) is 0 Å². The van der Waals surface area contributed by atoms with Gasteiger partial charge in [0.2, 0.25) is 11.8 Å². The van der Waals surface area contributed by atoms with E-state index in [9.17, 15) is 9.59 Å². The molecule has 0 spiro atoms. The lowest BCUT2D eigenvalue weighted by Gasteiger charge is -2.09. The van der Waals surface area contributed by atoms with Crippen molar-refractivity contribution >= 4 is 17.6 Å². The molecule has 0 aliphatic carbocycles. The number of nitrogens with one attached hydrogen (secondary N) is 2. The molecule has 2 N–H and O–H groups in total. The van der Waals surface area contributed by atoms with Crippen LogP contribution in [0.25, 0.3) is 16.9 Å². The van der Waals surface area contributed by atoms with E-state index < -0.39 is 0 Å². The molecular formula is C24H26N4O2. The van der Waals surface area contributed by atoms with E-state index in [1.807, 2.05) is 41.1 Å². The molecule has 1 saturated heterocycles. The van der Waals surface area contributed by atoms with Gasteiger partial charge in [0.15, 0.2) is 5.82 Å². The number of nitrogens with zero attached hydrogens (tertiary/aromatic N) is 2. The van der Waals surface area contributed by atoms with Gasteiger partial charge in [-0.1, -0.05) is 49.7 Å². The van der Waals surface area contributed by atoms with Crippen molar-refractivity contribution in [2.75, 3.05) is 11.9 Å². The third-order valence-electron chi connectivity index (χ3n) is 5.35. The average molecular weight is 402 g/mol. The van der Waals surface area contributed by atoms with Crippen LogP contribution < -0.4 is 10.6 Å². The van der Waals surface area contributed by atoms with E-state index in [0.29, 0.717) is 12.4 Å². The van der Waals surface area contributed by atoms with E-state index in [1.165, 1.54) is 5.56 Å². The zero-order chi connectivity index (χ0) is 20.9. The molecule has 1 aliphatic rings. The van der Waals surface area contributed by atoms with E-state index in [2.05, 4.69) is 46.9 Å². The van der Waals surface area contributed by atoms with Crippen molar-refractivity contribution in [2.45, 2.75) is 32.6 Å². The molecule has 0 radical (unpaired) electrons. The molecule has 1 aliphatic heterocycles. The summed E-state index contributed by atoms with van der Waals surface area (Å²) in [5, 5.41) is 10.3. The van der Waals surface area contributed by atoms with Gasteiger partial charge in [0.05, 0.1) is 17.3 Å². The van der Waals surface area contributed by atoms with E-state index >= 15 is 0 Å². The predicted octanol–water partition coefficient (Wildman–Crippen LogP) is 3.96. The normalized spacial score (nSPS) is 15.8. The Kier molecular flexibility index (Phi) is 5.93. The molecule has 154 valence electrons. The first-order chi connectivity index (χ1) is 14.6. The van der Waals surface area contributed by atoms with Crippen LogP contribution in [-0.2, 0) is 16.0 Å². The first kappa shape index (κ1) is 19.9. The van der Waals surface area contributed by atoms with Gasteiger partial charge in [-0.2, -0.15) is 0 Å². The minimum absolute atomic E-state index is 0.0884. The third kappa shape index (κ3) is 4.43. The number of anilines is 1. The van der Waals surface area contributed by atoms with Crippen LogP contribution in [0.1, 0.15) is 31.7 Å². The monoisotopic (exact) mass is 402 g/mol. The highest BCUT2D eigenvalue weighted by atomic mass is 16.2. The lowest BCUT2D eigenvalue weighted by molar-refractivity contribution is -0.123. The van der Waals surface area contributed by atoms with Crippen molar-refractivity contribution in [1.29, 1.82) is 0 Å². The summed E-state index contributed by atoms with van der Waals surface area (Å²) in [5.41, 5.74) is 4.18. The van der Waals surface area contributed by atoms with Crippen molar-refractivity contribution in [3.8, 4) is 16.9 Å². The summed E-state index contributed by atoms with van der Waals surface area (Å²) in [7, 11) is 0. The fourth-order valence-electron chi connectivity index (χ4n) is 3.70. The maximum absolute atomic E-state index is 12.6. The highest BCUT2D eigenvalue weighted by molar-refractivity contribution is 5.97. The van der Waals surface area contributed by atoms with Gasteiger partial charge in [-0.15, -0.1) is 5.10 Å². The van der Waals surface area contributed by atoms with E-state index in [0.717, 1.165) is 36.2 Å². The smallest absolute Gasteiger partial charge is 0.230 e. The van der Waals surface area contributed by atoms with Crippen LogP contribution in [0.4, 0.5) is 5.82 Å². The molecule has 0 unspecified atom stereocenters. The van der Waals surface area contributed by atoms with Gasteiger partial charge in [-0.25, -0.2) is 4.68 Å². The Morgan fingerprint density at radius 3 is 2.73 bits per heavy atom. The average Bonchev–Trinajstić information content (AvgIpc) is 3.39. The van der Waals surface area contributed by atoms with Crippen molar-refractivity contribution in [3.63, 3.8) is 0 Å². The standard InChI is InChI=1S/C24H26N4O2/c1-2-3-8-17-9-7-10-18(13-17)21-15-22(26-24(30)19-14-23(29)25-16-19)27-28(21)20-11-5-4-6-12-20/h4-7,9-13,15,19H,2-3,8,14,16H2,1H3,(H,25,29)(H,26,27,30)/t19-/m0/s1. The summed E-state index contributed by atoms with van der Waals surface area (Å²) in [4.78, 5) is 24.0. The predicted molar refractivity (Wildman–Crippen MR) is 117 cm³/mol. The van der Waals surface area contributed by atoms with Gasteiger partial charge < -0.3 is 10.6 Å². The SMILES string of the molecule is CCCCc1cccc(-c2cc(NC(=O)[C@@H]3CNC(=O)C3)nn2-c2ccccc2)c1. The van der Waals surface area contributed by atoms with Gasteiger partial charge in [0, 0.05) is 24.6 Å². The number of hydrogen-bond donors (Lipinski definition) is 2. The summed E-state index contributed by atoms with van der Waals surface area (Å²) in [6.45, 7) is 2.56. The topological polar surface area (TPSA) is 76.0 Å². The fourth-order valence-corrected chi connectivity index (χ4v) is 3.70. The molecule has 2 aromatic carbocycles. The van der Waals surface area contributed by atoms with Crippen LogP contribution >= 0.6 is 0 Å². The first-order valence-corrected chi connectivity index (χ1v) is 10.5. The lowest BCUT2D eigenvalue weighted by atomic mass is 10.0. The number of unbranched alkanes of at least 4 members (excludes halogenated alkanes) is 1. The van der Waals surface area contributed by atoms with Crippen LogP contribution in [0.2, 0.25) is 0 Å². The summed E-state index contributed by atoms with van der Waals surface area (Å²) in [6.07, 6.45) is 3.56. The van der Waals surface area contributed by atoms with Crippen molar-refractivity contribution < 1.29 is 9.59 Å². The summed E-state index contributed by atoms with van der Waals surface area (Å²) >= 11 is 0. The van der Waals surface area contributed by atoms with Gasteiger partial charge in [-0.3, -0.25) is 9.59 Å². The van der Waals surface area contributed by atoms with Crippen LogP contribution in [-0.4, -0.2) is 28.1 Å². The molecule has 2 amide bonds. The Morgan fingerprint density at radius 1 is 1.17 bits per heavy atom. The minimum atomic E-state index is -0.361. The number of aryl methyl sites for hydroxylation is 1. The van der Waals surface area contributed by atoms with Gasteiger partial charge >= 0.3 is 0 Å². The number of benzene rings is 2. The van der Waals surface area contributed by atoms with Gasteiger partial charge in [0.1, 0.15) is 0 Å². The Hall–Kier alpha value is -3.41. The third-order valence-corrected chi connectivity index (χ3v) is 5.35. The summed E-state index contributed by atoms with van der Waals surface area (Å²) in [6, 6.07) is 20.2. The van der Waals surface area contributed by atoms with E-state index in [4.69, 9.17) is 0 Å². The zero-order valence-corrected chi connectivity index (χ0v) is 17.1.